The van der Waals surface area contributed by atoms with Crippen molar-refractivity contribution in [2.24, 2.45) is 5.92 Å². The number of halogens is 1. The lowest BCUT2D eigenvalue weighted by molar-refractivity contribution is -0.141. The first-order valence-corrected chi connectivity index (χ1v) is 4.65. The van der Waals surface area contributed by atoms with Crippen LogP contribution in [0.1, 0.15) is 5.56 Å². The molecule has 0 aliphatic rings. The van der Waals surface area contributed by atoms with Gasteiger partial charge in [-0.2, -0.15) is 0 Å². The first kappa shape index (κ1) is 13.9. The van der Waals surface area contributed by atoms with Crippen molar-refractivity contribution in [1.82, 2.24) is 5.32 Å². The minimum atomic E-state index is -0.747. The van der Waals surface area contributed by atoms with Crippen LogP contribution < -0.4 is 5.32 Å². The second kappa shape index (κ2) is 7.26. The third-order valence-corrected chi connectivity index (χ3v) is 2.12. The fourth-order valence-corrected chi connectivity index (χ4v) is 1.39. The summed E-state index contributed by atoms with van der Waals surface area (Å²) in [6, 6.07) is 9.68. The van der Waals surface area contributed by atoms with Crippen LogP contribution >= 0.6 is 12.4 Å². The summed E-state index contributed by atoms with van der Waals surface area (Å²) in [7, 11) is 1.76. The Morgan fingerprint density at radius 1 is 1.40 bits per heavy atom. The maximum Gasteiger partial charge on any atom is 0.308 e. The maximum absolute atomic E-state index is 10.9. The predicted molar refractivity (Wildman–Crippen MR) is 62.4 cm³/mol. The Kier molecular flexibility index (Phi) is 6.75. The third kappa shape index (κ3) is 4.81. The van der Waals surface area contributed by atoms with E-state index < -0.39 is 5.97 Å². The normalized spacial score (nSPS) is 11.5. The first-order chi connectivity index (χ1) is 6.74. The highest BCUT2D eigenvalue weighted by molar-refractivity contribution is 5.85. The molecule has 0 heterocycles. The number of nitrogens with one attached hydrogen (secondary N) is 1. The van der Waals surface area contributed by atoms with Gasteiger partial charge in [0.15, 0.2) is 0 Å². The highest BCUT2D eigenvalue weighted by Crippen LogP contribution is 2.08. The quantitative estimate of drug-likeness (QED) is 0.806. The van der Waals surface area contributed by atoms with Gasteiger partial charge in [-0.25, -0.2) is 0 Å². The Hall–Kier alpha value is -1.06. The molecule has 0 amide bonds. The molecule has 0 aromatic heterocycles. The van der Waals surface area contributed by atoms with Gasteiger partial charge in [0.1, 0.15) is 0 Å². The van der Waals surface area contributed by atoms with Gasteiger partial charge in [-0.1, -0.05) is 30.3 Å². The lowest BCUT2D eigenvalue weighted by Gasteiger charge is -2.11. The van der Waals surface area contributed by atoms with Crippen LogP contribution in [0.2, 0.25) is 0 Å². The summed E-state index contributed by atoms with van der Waals surface area (Å²) in [5.41, 5.74) is 1.06. The van der Waals surface area contributed by atoms with Crippen molar-refractivity contribution in [3.05, 3.63) is 35.9 Å². The van der Waals surface area contributed by atoms with E-state index in [0.29, 0.717) is 13.0 Å². The molecule has 15 heavy (non-hydrogen) atoms. The van der Waals surface area contributed by atoms with Crippen molar-refractivity contribution in [2.45, 2.75) is 6.42 Å². The summed E-state index contributed by atoms with van der Waals surface area (Å²) in [6.07, 6.45) is 0.580. The Morgan fingerprint density at radius 3 is 2.47 bits per heavy atom. The number of benzene rings is 1. The number of aliphatic carboxylic acids is 1. The van der Waals surface area contributed by atoms with Crippen molar-refractivity contribution in [3.8, 4) is 0 Å². The average molecular weight is 230 g/mol. The topological polar surface area (TPSA) is 49.3 Å². The number of carboxylic acids is 1. The number of hydrogen-bond acceptors (Lipinski definition) is 2. The van der Waals surface area contributed by atoms with E-state index in [9.17, 15) is 4.79 Å². The summed E-state index contributed by atoms with van der Waals surface area (Å²) in [6.45, 7) is 0.504. The van der Waals surface area contributed by atoms with Crippen molar-refractivity contribution in [1.29, 1.82) is 0 Å². The van der Waals surface area contributed by atoms with E-state index >= 15 is 0 Å². The van der Waals surface area contributed by atoms with E-state index in [0.717, 1.165) is 5.56 Å². The molecule has 1 aromatic rings. The van der Waals surface area contributed by atoms with E-state index in [4.69, 9.17) is 5.11 Å². The van der Waals surface area contributed by atoms with Crippen molar-refractivity contribution in [3.63, 3.8) is 0 Å². The molecule has 84 valence electrons. The molecule has 0 spiro atoms. The van der Waals surface area contributed by atoms with Gasteiger partial charge in [-0.05, 0) is 19.0 Å². The standard InChI is InChI=1S/C11H15NO2.ClH/c1-12-8-10(11(13)14)7-9-5-3-2-4-6-9;/h2-6,10,12H,7-8H2,1H3,(H,13,14);1H/t10-;/m0./s1. The molecule has 1 atom stereocenters. The van der Waals surface area contributed by atoms with Gasteiger partial charge in [-0.15, -0.1) is 12.4 Å². The first-order valence-electron chi connectivity index (χ1n) is 4.65. The Labute approximate surface area is 95.9 Å². The van der Waals surface area contributed by atoms with E-state index in [1.807, 2.05) is 30.3 Å². The summed E-state index contributed by atoms with van der Waals surface area (Å²) in [5.74, 6) is -1.09. The van der Waals surface area contributed by atoms with E-state index in [1.54, 1.807) is 7.05 Å². The van der Waals surface area contributed by atoms with Crippen molar-refractivity contribution < 1.29 is 9.90 Å². The third-order valence-electron chi connectivity index (χ3n) is 2.12. The summed E-state index contributed by atoms with van der Waals surface area (Å²) in [4.78, 5) is 10.9. The molecule has 0 aliphatic carbocycles. The summed E-state index contributed by atoms with van der Waals surface area (Å²) < 4.78 is 0. The van der Waals surface area contributed by atoms with E-state index in [1.165, 1.54) is 0 Å². The lowest BCUT2D eigenvalue weighted by Crippen LogP contribution is -2.27. The molecule has 0 radical (unpaired) electrons. The van der Waals surface area contributed by atoms with Crippen LogP contribution in [0.4, 0.5) is 0 Å². The van der Waals surface area contributed by atoms with Crippen LogP contribution in [0, 0.1) is 5.92 Å². The number of rotatable bonds is 5. The molecular weight excluding hydrogens is 214 g/mol. The number of hydrogen-bond donors (Lipinski definition) is 2. The van der Waals surface area contributed by atoms with Crippen LogP contribution in [-0.4, -0.2) is 24.7 Å². The number of carboxylic acid groups (broad SMARTS) is 1. The molecule has 1 rings (SSSR count). The largest absolute Gasteiger partial charge is 0.481 e. The highest BCUT2D eigenvalue weighted by Gasteiger charge is 2.16. The molecule has 0 saturated carbocycles. The zero-order valence-corrected chi connectivity index (χ0v) is 9.46. The molecule has 0 saturated heterocycles. The molecule has 0 unspecified atom stereocenters. The lowest BCUT2D eigenvalue weighted by atomic mass is 9.99. The molecule has 0 bridgehead atoms. The van der Waals surface area contributed by atoms with Crippen LogP contribution in [-0.2, 0) is 11.2 Å². The molecule has 0 fully saturated rings. The molecule has 1 aromatic carbocycles. The minimum Gasteiger partial charge on any atom is -0.481 e. The highest BCUT2D eigenvalue weighted by atomic mass is 35.5. The Bertz CT molecular complexity index is 290. The fraction of sp³-hybridized carbons (Fsp3) is 0.364. The second-order valence-corrected chi connectivity index (χ2v) is 3.28. The maximum atomic E-state index is 10.9. The van der Waals surface area contributed by atoms with Crippen LogP contribution in [0.15, 0.2) is 30.3 Å². The van der Waals surface area contributed by atoms with Gasteiger partial charge in [0, 0.05) is 6.54 Å². The average Bonchev–Trinajstić information content (AvgIpc) is 2.18. The SMILES string of the molecule is CNC[C@H](Cc1ccccc1)C(=O)O.Cl. The second-order valence-electron chi connectivity index (χ2n) is 3.28. The van der Waals surface area contributed by atoms with Gasteiger partial charge in [0.2, 0.25) is 0 Å². The smallest absolute Gasteiger partial charge is 0.308 e. The van der Waals surface area contributed by atoms with Gasteiger partial charge in [0.25, 0.3) is 0 Å². The van der Waals surface area contributed by atoms with Crippen molar-refractivity contribution in [2.75, 3.05) is 13.6 Å². The molecular formula is C11H16ClNO2. The predicted octanol–water partition coefficient (Wildman–Crippen LogP) is 1.57. The van der Waals surface area contributed by atoms with Crippen LogP contribution in [0.5, 0.6) is 0 Å². The zero-order chi connectivity index (χ0) is 10.4. The van der Waals surface area contributed by atoms with E-state index in [-0.39, 0.29) is 18.3 Å². The zero-order valence-electron chi connectivity index (χ0n) is 8.64. The van der Waals surface area contributed by atoms with Crippen LogP contribution in [0.3, 0.4) is 0 Å². The summed E-state index contributed by atoms with van der Waals surface area (Å²) in [5, 5.41) is 11.8. The molecule has 0 aliphatic heterocycles. The Morgan fingerprint density at radius 2 is 2.00 bits per heavy atom. The number of carbonyl (C=O) groups is 1. The molecule has 2 N–H and O–H groups in total. The molecule has 4 heteroatoms. The monoisotopic (exact) mass is 229 g/mol. The Balaban J connectivity index is 0.00000196. The minimum absolute atomic E-state index is 0. The van der Waals surface area contributed by atoms with E-state index in [2.05, 4.69) is 5.32 Å². The van der Waals surface area contributed by atoms with Gasteiger partial charge in [-0.3, -0.25) is 4.79 Å². The molecule has 3 nitrogen and oxygen atoms in total. The van der Waals surface area contributed by atoms with Gasteiger partial charge < -0.3 is 10.4 Å². The fourth-order valence-electron chi connectivity index (χ4n) is 1.39. The van der Waals surface area contributed by atoms with Gasteiger partial charge >= 0.3 is 5.97 Å². The summed E-state index contributed by atoms with van der Waals surface area (Å²) >= 11 is 0. The van der Waals surface area contributed by atoms with Crippen molar-refractivity contribution >= 4 is 18.4 Å². The van der Waals surface area contributed by atoms with Crippen LogP contribution in [0.25, 0.3) is 0 Å². The van der Waals surface area contributed by atoms with Gasteiger partial charge in [0.05, 0.1) is 5.92 Å².